The van der Waals surface area contributed by atoms with E-state index in [1.54, 1.807) is 49.6 Å². The SMILES string of the molecule is COc1cc(OC)c(-c2cc(-c3ccc(C#N)cc3)nc(N)c2C#N)c(OC)c1. The van der Waals surface area contributed by atoms with Gasteiger partial charge in [-0.05, 0) is 18.2 Å². The highest BCUT2D eigenvalue weighted by Gasteiger charge is 2.21. The summed E-state index contributed by atoms with van der Waals surface area (Å²) in [6.07, 6.45) is 0. The van der Waals surface area contributed by atoms with E-state index >= 15 is 0 Å². The minimum atomic E-state index is 0.0873. The van der Waals surface area contributed by atoms with Crippen molar-refractivity contribution >= 4 is 5.82 Å². The number of nitrogens with zero attached hydrogens (tertiary/aromatic N) is 3. The van der Waals surface area contributed by atoms with Crippen LogP contribution in [0.25, 0.3) is 22.4 Å². The van der Waals surface area contributed by atoms with E-state index in [0.29, 0.717) is 39.6 Å². The van der Waals surface area contributed by atoms with Crippen molar-refractivity contribution in [3.05, 3.63) is 53.6 Å². The molecule has 0 amide bonds. The molecule has 2 N–H and O–H groups in total. The van der Waals surface area contributed by atoms with E-state index in [0.717, 1.165) is 5.56 Å². The topological polar surface area (TPSA) is 114 Å². The molecule has 0 spiro atoms. The van der Waals surface area contributed by atoms with E-state index in [9.17, 15) is 5.26 Å². The second kappa shape index (κ2) is 8.20. The first kappa shape index (κ1) is 19.5. The van der Waals surface area contributed by atoms with E-state index in [2.05, 4.69) is 17.1 Å². The third-order valence-electron chi connectivity index (χ3n) is 4.45. The predicted octanol–water partition coefficient (Wildman–Crippen LogP) is 3.77. The maximum atomic E-state index is 9.71. The highest BCUT2D eigenvalue weighted by molar-refractivity contribution is 5.87. The number of aromatic nitrogens is 1. The van der Waals surface area contributed by atoms with E-state index in [-0.39, 0.29) is 11.4 Å². The van der Waals surface area contributed by atoms with Crippen molar-refractivity contribution < 1.29 is 14.2 Å². The second-order valence-electron chi connectivity index (χ2n) is 6.02. The van der Waals surface area contributed by atoms with Crippen molar-refractivity contribution in [3.63, 3.8) is 0 Å². The molecule has 29 heavy (non-hydrogen) atoms. The van der Waals surface area contributed by atoms with Gasteiger partial charge in [-0.1, -0.05) is 12.1 Å². The van der Waals surface area contributed by atoms with Gasteiger partial charge in [-0.2, -0.15) is 10.5 Å². The molecule has 7 nitrogen and oxygen atoms in total. The summed E-state index contributed by atoms with van der Waals surface area (Å²) in [6, 6.07) is 16.3. The van der Waals surface area contributed by atoms with E-state index < -0.39 is 0 Å². The largest absolute Gasteiger partial charge is 0.496 e. The van der Waals surface area contributed by atoms with Crippen LogP contribution in [0.4, 0.5) is 5.82 Å². The van der Waals surface area contributed by atoms with Gasteiger partial charge in [0.15, 0.2) is 0 Å². The number of benzene rings is 2. The molecule has 0 unspecified atom stereocenters. The summed E-state index contributed by atoms with van der Waals surface area (Å²) in [5, 5.41) is 18.7. The molecule has 144 valence electrons. The zero-order valence-corrected chi connectivity index (χ0v) is 16.2. The van der Waals surface area contributed by atoms with Gasteiger partial charge >= 0.3 is 0 Å². The van der Waals surface area contributed by atoms with Gasteiger partial charge in [0.2, 0.25) is 0 Å². The number of hydrogen-bond donors (Lipinski definition) is 1. The standard InChI is InChI=1S/C22H18N4O3/c1-27-15-8-19(28-2)21(20(9-15)29-3)16-10-18(26-22(25)17(16)12-24)14-6-4-13(11-23)5-7-14/h4-10H,1-3H3,(H2,25,26). The Balaban J connectivity index is 2.31. The van der Waals surface area contributed by atoms with Crippen LogP contribution in [0.15, 0.2) is 42.5 Å². The first-order valence-corrected chi connectivity index (χ1v) is 8.57. The Morgan fingerprint density at radius 2 is 1.48 bits per heavy atom. The van der Waals surface area contributed by atoms with Crippen LogP contribution in [0.1, 0.15) is 11.1 Å². The Morgan fingerprint density at radius 3 is 1.97 bits per heavy atom. The number of rotatable bonds is 5. The van der Waals surface area contributed by atoms with E-state index in [1.807, 2.05) is 0 Å². The molecule has 0 aliphatic rings. The fraction of sp³-hybridized carbons (Fsp3) is 0.136. The maximum absolute atomic E-state index is 9.71. The van der Waals surface area contributed by atoms with Gasteiger partial charge in [0.25, 0.3) is 0 Å². The van der Waals surface area contributed by atoms with Crippen molar-refractivity contribution in [3.8, 4) is 51.8 Å². The number of anilines is 1. The van der Waals surface area contributed by atoms with Crippen LogP contribution in [0.3, 0.4) is 0 Å². The van der Waals surface area contributed by atoms with Gasteiger partial charge in [-0.25, -0.2) is 4.98 Å². The fourth-order valence-electron chi connectivity index (χ4n) is 3.01. The Labute approximate surface area is 168 Å². The van der Waals surface area contributed by atoms with Crippen molar-refractivity contribution in [2.75, 3.05) is 27.1 Å². The molecule has 2 aromatic carbocycles. The Morgan fingerprint density at radius 1 is 0.862 bits per heavy atom. The molecule has 1 heterocycles. The number of nitrogens with two attached hydrogens (primary N) is 1. The summed E-state index contributed by atoms with van der Waals surface area (Å²) in [4.78, 5) is 4.37. The zero-order valence-electron chi connectivity index (χ0n) is 16.2. The highest BCUT2D eigenvalue weighted by atomic mass is 16.5. The predicted molar refractivity (Wildman–Crippen MR) is 109 cm³/mol. The lowest BCUT2D eigenvalue weighted by molar-refractivity contribution is 0.377. The molecule has 0 aliphatic heterocycles. The first-order valence-electron chi connectivity index (χ1n) is 8.57. The molecule has 0 atom stereocenters. The summed E-state index contributed by atoms with van der Waals surface area (Å²) in [6.45, 7) is 0. The summed E-state index contributed by atoms with van der Waals surface area (Å²) in [7, 11) is 4.59. The van der Waals surface area contributed by atoms with Crippen molar-refractivity contribution in [2.45, 2.75) is 0 Å². The lowest BCUT2D eigenvalue weighted by atomic mass is 9.96. The van der Waals surface area contributed by atoms with Crippen LogP contribution >= 0.6 is 0 Å². The molecule has 0 fully saturated rings. The zero-order chi connectivity index (χ0) is 21.0. The minimum absolute atomic E-state index is 0.0873. The molecule has 3 aromatic rings. The van der Waals surface area contributed by atoms with Gasteiger partial charge in [0.1, 0.15) is 34.7 Å². The average Bonchev–Trinajstić information content (AvgIpc) is 2.77. The fourth-order valence-corrected chi connectivity index (χ4v) is 3.01. The molecule has 0 radical (unpaired) electrons. The van der Waals surface area contributed by atoms with Gasteiger partial charge < -0.3 is 19.9 Å². The molecule has 7 heteroatoms. The summed E-state index contributed by atoms with van der Waals surface area (Å²) in [5.74, 6) is 1.57. The molecule has 0 aliphatic carbocycles. The second-order valence-corrected chi connectivity index (χ2v) is 6.02. The van der Waals surface area contributed by atoms with E-state index in [4.69, 9.17) is 25.2 Å². The number of pyridine rings is 1. The monoisotopic (exact) mass is 386 g/mol. The van der Waals surface area contributed by atoms with Crippen LogP contribution in [0.2, 0.25) is 0 Å². The molecule has 0 saturated heterocycles. The number of methoxy groups -OCH3 is 3. The number of hydrogen-bond acceptors (Lipinski definition) is 7. The Bertz CT molecular complexity index is 1120. The van der Waals surface area contributed by atoms with Gasteiger partial charge in [-0.3, -0.25) is 0 Å². The quantitative estimate of drug-likeness (QED) is 0.710. The summed E-state index contributed by atoms with van der Waals surface area (Å²) >= 11 is 0. The lowest BCUT2D eigenvalue weighted by Crippen LogP contribution is -2.02. The third kappa shape index (κ3) is 3.62. The van der Waals surface area contributed by atoms with E-state index in [1.165, 1.54) is 14.2 Å². The smallest absolute Gasteiger partial charge is 0.142 e. The number of ether oxygens (including phenoxy) is 3. The third-order valence-corrected chi connectivity index (χ3v) is 4.45. The van der Waals surface area contributed by atoms with Crippen LogP contribution < -0.4 is 19.9 Å². The lowest BCUT2D eigenvalue weighted by Gasteiger charge is -2.17. The number of nitrogen functional groups attached to an aromatic ring is 1. The highest BCUT2D eigenvalue weighted by Crippen LogP contribution is 2.44. The van der Waals surface area contributed by atoms with Gasteiger partial charge in [0, 0.05) is 23.3 Å². The van der Waals surface area contributed by atoms with Crippen LogP contribution in [-0.2, 0) is 0 Å². The van der Waals surface area contributed by atoms with Gasteiger partial charge in [0.05, 0.1) is 44.2 Å². The van der Waals surface area contributed by atoms with Crippen LogP contribution in [0, 0.1) is 22.7 Å². The Kier molecular flexibility index (Phi) is 5.52. The normalized spacial score (nSPS) is 9.97. The summed E-state index contributed by atoms with van der Waals surface area (Å²) < 4.78 is 16.4. The van der Waals surface area contributed by atoms with Crippen molar-refractivity contribution in [1.29, 1.82) is 10.5 Å². The van der Waals surface area contributed by atoms with Crippen molar-refractivity contribution in [2.24, 2.45) is 0 Å². The van der Waals surface area contributed by atoms with Crippen LogP contribution in [0.5, 0.6) is 17.2 Å². The van der Waals surface area contributed by atoms with Crippen molar-refractivity contribution in [1.82, 2.24) is 4.98 Å². The van der Waals surface area contributed by atoms with Crippen LogP contribution in [-0.4, -0.2) is 26.3 Å². The average molecular weight is 386 g/mol. The Hall–Kier alpha value is -4.23. The molecular weight excluding hydrogens is 368 g/mol. The minimum Gasteiger partial charge on any atom is -0.496 e. The number of nitriles is 2. The molecule has 0 bridgehead atoms. The maximum Gasteiger partial charge on any atom is 0.142 e. The van der Waals surface area contributed by atoms with Gasteiger partial charge in [-0.15, -0.1) is 0 Å². The summed E-state index contributed by atoms with van der Waals surface area (Å²) in [5.41, 5.74) is 9.26. The molecular formula is C22H18N4O3. The molecule has 1 aromatic heterocycles. The molecule has 0 saturated carbocycles. The molecule has 3 rings (SSSR count). The first-order chi connectivity index (χ1) is 14.1.